The van der Waals surface area contributed by atoms with Gasteiger partial charge in [-0.05, 0) is 38.5 Å². The number of rotatable bonds is 10. The number of unbranched alkanes of at least 4 members (excludes halogenated alkanes) is 7. The average Bonchev–Trinajstić information content (AvgIpc) is 2.31. The summed E-state index contributed by atoms with van der Waals surface area (Å²) in [5.74, 6) is 0. The van der Waals surface area contributed by atoms with Crippen LogP contribution in [0.15, 0.2) is 24.3 Å². The Hall–Kier alpha value is -1.03. The molecule has 0 heterocycles. The van der Waals surface area contributed by atoms with E-state index in [-0.39, 0.29) is 0 Å². The number of nitrogens with zero attached hydrogens (tertiary/aromatic N) is 1. The van der Waals surface area contributed by atoms with Gasteiger partial charge >= 0.3 is 0 Å². The fraction of sp³-hybridized carbons (Fsp3) is 0.667. The lowest BCUT2D eigenvalue weighted by Gasteiger charge is -1.95. The van der Waals surface area contributed by atoms with E-state index in [0.29, 0.717) is 0 Å². The Labute approximate surface area is 101 Å². The van der Waals surface area contributed by atoms with E-state index in [1.54, 1.807) is 6.08 Å². The van der Waals surface area contributed by atoms with Gasteiger partial charge in [0.1, 0.15) is 0 Å². The smallest absolute Gasteiger partial charge is 0.0908 e. The molecule has 0 aliphatic heterocycles. The normalized spacial score (nSPS) is 11.2. The number of hydrogen-bond acceptors (Lipinski definition) is 1. The molecular formula is C15H25N. The molecule has 0 rings (SSSR count). The Balaban J connectivity index is 3.10. The highest BCUT2D eigenvalue weighted by Gasteiger charge is 1.85. The second-order valence-electron chi connectivity index (χ2n) is 4.14. The SMILES string of the molecule is CCCCCCC=CCCCCC=CC#N. The molecular weight excluding hydrogens is 194 g/mol. The molecule has 1 heteroatoms. The molecule has 0 bridgehead atoms. The molecule has 0 aromatic carbocycles. The molecule has 0 unspecified atom stereocenters. The Morgan fingerprint density at radius 3 is 1.94 bits per heavy atom. The van der Waals surface area contributed by atoms with Gasteiger partial charge in [0, 0.05) is 6.08 Å². The summed E-state index contributed by atoms with van der Waals surface area (Å²) in [5.41, 5.74) is 0. The fourth-order valence-electron chi connectivity index (χ4n) is 1.59. The van der Waals surface area contributed by atoms with E-state index >= 15 is 0 Å². The third kappa shape index (κ3) is 13.0. The summed E-state index contributed by atoms with van der Waals surface area (Å²) in [6, 6.07) is 2.01. The molecule has 0 radical (unpaired) electrons. The molecule has 16 heavy (non-hydrogen) atoms. The highest BCUT2D eigenvalue weighted by molar-refractivity contribution is 5.01. The van der Waals surface area contributed by atoms with Crippen LogP contribution < -0.4 is 0 Å². The Morgan fingerprint density at radius 2 is 1.38 bits per heavy atom. The van der Waals surface area contributed by atoms with Crippen molar-refractivity contribution in [2.45, 2.75) is 64.7 Å². The van der Waals surface area contributed by atoms with Gasteiger partial charge in [-0.3, -0.25) is 0 Å². The molecule has 0 aliphatic rings. The maximum atomic E-state index is 8.28. The third-order valence-corrected chi connectivity index (χ3v) is 2.57. The predicted molar refractivity (Wildman–Crippen MR) is 71.1 cm³/mol. The Bertz CT molecular complexity index is 220. The second kappa shape index (κ2) is 14.0. The summed E-state index contributed by atoms with van der Waals surface area (Å²) in [4.78, 5) is 0. The fourth-order valence-corrected chi connectivity index (χ4v) is 1.59. The highest BCUT2D eigenvalue weighted by Crippen LogP contribution is 2.05. The minimum atomic E-state index is 1.04. The second-order valence-corrected chi connectivity index (χ2v) is 4.14. The topological polar surface area (TPSA) is 23.8 Å². The van der Waals surface area contributed by atoms with Gasteiger partial charge in [-0.25, -0.2) is 0 Å². The van der Waals surface area contributed by atoms with Crippen LogP contribution in [-0.2, 0) is 0 Å². The molecule has 0 aromatic heterocycles. The monoisotopic (exact) mass is 219 g/mol. The molecule has 0 saturated heterocycles. The van der Waals surface area contributed by atoms with Gasteiger partial charge in [0.05, 0.1) is 6.07 Å². The summed E-state index contributed by atoms with van der Waals surface area (Å²) < 4.78 is 0. The van der Waals surface area contributed by atoms with Crippen LogP contribution in [0.2, 0.25) is 0 Å². The number of nitriles is 1. The Kier molecular flexibility index (Phi) is 13.1. The first-order chi connectivity index (χ1) is 7.91. The first-order valence-corrected chi connectivity index (χ1v) is 6.61. The molecule has 0 fully saturated rings. The van der Waals surface area contributed by atoms with Gasteiger partial charge in [0.25, 0.3) is 0 Å². The average molecular weight is 219 g/mol. The van der Waals surface area contributed by atoms with E-state index in [2.05, 4.69) is 19.1 Å². The molecule has 0 N–H and O–H groups in total. The standard InChI is InChI=1S/C15H25N/c1-2-3-4-5-6-7-8-9-10-11-12-13-14-15-16/h7-8,13-14H,2-6,9-12H2,1H3. The van der Waals surface area contributed by atoms with Gasteiger partial charge < -0.3 is 0 Å². The van der Waals surface area contributed by atoms with Gasteiger partial charge in [-0.15, -0.1) is 0 Å². The first-order valence-electron chi connectivity index (χ1n) is 6.61. The van der Waals surface area contributed by atoms with Gasteiger partial charge in [-0.1, -0.05) is 44.4 Å². The van der Waals surface area contributed by atoms with Gasteiger partial charge in [-0.2, -0.15) is 5.26 Å². The lowest BCUT2D eigenvalue weighted by atomic mass is 10.1. The van der Waals surface area contributed by atoms with Crippen LogP contribution in [0.1, 0.15) is 64.7 Å². The van der Waals surface area contributed by atoms with Crippen molar-refractivity contribution in [2.75, 3.05) is 0 Å². The van der Waals surface area contributed by atoms with Gasteiger partial charge in [0.2, 0.25) is 0 Å². The van der Waals surface area contributed by atoms with Gasteiger partial charge in [0.15, 0.2) is 0 Å². The van der Waals surface area contributed by atoms with Crippen LogP contribution in [0.4, 0.5) is 0 Å². The van der Waals surface area contributed by atoms with E-state index in [1.807, 2.05) is 12.1 Å². The number of allylic oxidation sites excluding steroid dienone is 4. The van der Waals surface area contributed by atoms with Crippen LogP contribution >= 0.6 is 0 Å². The lowest BCUT2D eigenvalue weighted by molar-refractivity contribution is 0.673. The van der Waals surface area contributed by atoms with E-state index in [4.69, 9.17) is 5.26 Å². The molecule has 0 aromatic rings. The first kappa shape index (κ1) is 15.0. The molecule has 0 atom stereocenters. The van der Waals surface area contributed by atoms with E-state index in [9.17, 15) is 0 Å². The largest absolute Gasteiger partial charge is 0.193 e. The zero-order valence-electron chi connectivity index (χ0n) is 10.6. The van der Waals surface area contributed by atoms with Crippen molar-refractivity contribution >= 4 is 0 Å². The van der Waals surface area contributed by atoms with Crippen molar-refractivity contribution in [3.8, 4) is 6.07 Å². The molecule has 0 spiro atoms. The van der Waals surface area contributed by atoms with Crippen molar-refractivity contribution in [3.05, 3.63) is 24.3 Å². The molecule has 0 amide bonds. The molecule has 1 nitrogen and oxygen atoms in total. The maximum Gasteiger partial charge on any atom is 0.0908 e. The van der Waals surface area contributed by atoms with Crippen molar-refractivity contribution < 1.29 is 0 Å². The zero-order chi connectivity index (χ0) is 11.9. The van der Waals surface area contributed by atoms with E-state index < -0.39 is 0 Å². The van der Waals surface area contributed by atoms with Crippen LogP contribution in [-0.4, -0.2) is 0 Å². The predicted octanol–water partition coefficient (Wildman–Crippen LogP) is 5.15. The van der Waals surface area contributed by atoms with Crippen LogP contribution in [0.25, 0.3) is 0 Å². The third-order valence-electron chi connectivity index (χ3n) is 2.57. The summed E-state index contributed by atoms with van der Waals surface area (Å²) in [6.45, 7) is 2.25. The van der Waals surface area contributed by atoms with Crippen molar-refractivity contribution in [2.24, 2.45) is 0 Å². The summed E-state index contributed by atoms with van der Waals surface area (Å²) in [6.07, 6.45) is 19.5. The van der Waals surface area contributed by atoms with Crippen molar-refractivity contribution in [3.63, 3.8) is 0 Å². The van der Waals surface area contributed by atoms with Crippen LogP contribution in [0.5, 0.6) is 0 Å². The minimum Gasteiger partial charge on any atom is -0.193 e. The minimum absolute atomic E-state index is 1.04. The highest BCUT2D eigenvalue weighted by atomic mass is 14.2. The molecule has 0 saturated carbocycles. The lowest BCUT2D eigenvalue weighted by Crippen LogP contribution is -1.75. The quantitative estimate of drug-likeness (QED) is 0.283. The van der Waals surface area contributed by atoms with E-state index in [1.165, 1.54) is 51.4 Å². The van der Waals surface area contributed by atoms with Crippen molar-refractivity contribution in [1.82, 2.24) is 0 Å². The number of hydrogen-bond donors (Lipinski definition) is 0. The zero-order valence-corrected chi connectivity index (χ0v) is 10.6. The van der Waals surface area contributed by atoms with Crippen molar-refractivity contribution in [1.29, 1.82) is 5.26 Å². The molecule has 0 aliphatic carbocycles. The van der Waals surface area contributed by atoms with Crippen LogP contribution in [0.3, 0.4) is 0 Å². The van der Waals surface area contributed by atoms with Crippen LogP contribution in [0, 0.1) is 11.3 Å². The summed E-state index contributed by atoms with van der Waals surface area (Å²) in [5, 5.41) is 8.28. The maximum absolute atomic E-state index is 8.28. The summed E-state index contributed by atoms with van der Waals surface area (Å²) in [7, 11) is 0. The van der Waals surface area contributed by atoms with E-state index in [0.717, 1.165) is 6.42 Å². The summed E-state index contributed by atoms with van der Waals surface area (Å²) >= 11 is 0. The molecule has 90 valence electrons. The Morgan fingerprint density at radius 1 is 0.812 bits per heavy atom.